The molecule has 0 aromatic heterocycles. The maximum absolute atomic E-state index is 11.7. The molecule has 0 atom stereocenters. The predicted molar refractivity (Wildman–Crippen MR) is 65.3 cm³/mol. The van der Waals surface area contributed by atoms with Crippen molar-refractivity contribution in [2.24, 2.45) is 5.73 Å². The number of nitrogens with one attached hydrogen (secondary N) is 1. The van der Waals surface area contributed by atoms with E-state index < -0.39 is 17.4 Å². The fourth-order valence-electron chi connectivity index (χ4n) is 1.10. The van der Waals surface area contributed by atoms with Gasteiger partial charge in [0.1, 0.15) is 0 Å². The third-order valence-electron chi connectivity index (χ3n) is 2.07. The smallest absolute Gasteiger partial charge is 0.337 e. The van der Waals surface area contributed by atoms with E-state index in [1.807, 2.05) is 0 Å². The maximum atomic E-state index is 11.7. The molecule has 0 fully saturated rings. The Labute approximate surface area is 104 Å². The number of para-hydroxylation sites is 1. The van der Waals surface area contributed by atoms with Crippen LogP contribution in [0.25, 0.3) is 0 Å². The van der Waals surface area contributed by atoms with E-state index in [2.05, 4.69) is 5.32 Å². The summed E-state index contributed by atoms with van der Waals surface area (Å²) in [6.07, 6.45) is 0. The topological polar surface area (TPSA) is 92.4 Å². The van der Waals surface area contributed by atoms with Crippen LogP contribution in [0.2, 0.25) is 5.02 Å². The second kappa shape index (κ2) is 4.73. The van der Waals surface area contributed by atoms with Crippen LogP contribution in [0.1, 0.15) is 24.2 Å². The molecule has 0 unspecified atom stereocenters. The normalized spacial score (nSPS) is 11.1. The van der Waals surface area contributed by atoms with Crippen LogP contribution < -0.4 is 11.1 Å². The van der Waals surface area contributed by atoms with Gasteiger partial charge in [-0.1, -0.05) is 17.7 Å². The monoisotopic (exact) mass is 256 g/mol. The molecule has 1 rings (SSSR count). The number of anilines is 1. The number of nitrogens with two attached hydrogens (primary N) is 1. The van der Waals surface area contributed by atoms with Crippen molar-refractivity contribution in [2.75, 3.05) is 5.32 Å². The lowest BCUT2D eigenvalue weighted by atomic mass is 10.1. The van der Waals surface area contributed by atoms with Gasteiger partial charge in [-0.05, 0) is 26.0 Å². The Morgan fingerprint density at radius 3 is 2.47 bits per heavy atom. The summed E-state index contributed by atoms with van der Waals surface area (Å²) in [6.45, 7) is 3.03. The highest BCUT2D eigenvalue weighted by Crippen LogP contribution is 2.26. The van der Waals surface area contributed by atoms with E-state index in [0.29, 0.717) is 0 Å². The summed E-state index contributed by atoms with van der Waals surface area (Å²) in [4.78, 5) is 22.6. The van der Waals surface area contributed by atoms with Crippen molar-refractivity contribution in [3.63, 3.8) is 0 Å². The molecule has 0 radical (unpaired) electrons. The molecule has 6 heteroatoms. The van der Waals surface area contributed by atoms with E-state index >= 15 is 0 Å². The summed E-state index contributed by atoms with van der Waals surface area (Å²) in [7, 11) is 0. The first kappa shape index (κ1) is 13.5. The van der Waals surface area contributed by atoms with Crippen molar-refractivity contribution in [3.05, 3.63) is 28.8 Å². The molecule has 4 N–H and O–H groups in total. The van der Waals surface area contributed by atoms with Crippen LogP contribution in [0.4, 0.5) is 5.69 Å². The fraction of sp³-hybridized carbons (Fsp3) is 0.273. The second-order valence-corrected chi connectivity index (χ2v) is 4.55. The fourth-order valence-corrected chi connectivity index (χ4v) is 1.33. The Kier molecular flexibility index (Phi) is 3.75. The average Bonchev–Trinajstić information content (AvgIpc) is 2.18. The van der Waals surface area contributed by atoms with E-state index in [4.69, 9.17) is 22.4 Å². The van der Waals surface area contributed by atoms with Crippen LogP contribution in [-0.4, -0.2) is 22.5 Å². The Balaban J connectivity index is 3.14. The lowest BCUT2D eigenvalue weighted by molar-refractivity contribution is -0.120. The van der Waals surface area contributed by atoms with Crippen LogP contribution in [0, 0.1) is 0 Å². The number of benzene rings is 1. The number of carbonyl (C=O) groups is 2. The van der Waals surface area contributed by atoms with Gasteiger partial charge in [-0.25, -0.2) is 4.79 Å². The third kappa shape index (κ3) is 3.18. The number of carboxylic acid groups (broad SMARTS) is 1. The lowest BCUT2D eigenvalue weighted by Gasteiger charge is -2.19. The summed E-state index contributed by atoms with van der Waals surface area (Å²) in [5.74, 6) is -1.68. The summed E-state index contributed by atoms with van der Waals surface area (Å²) < 4.78 is 0. The van der Waals surface area contributed by atoms with Gasteiger partial charge in [-0.3, -0.25) is 4.79 Å². The van der Waals surface area contributed by atoms with Crippen molar-refractivity contribution in [3.8, 4) is 0 Å². The summed E-state index contributed by atoms with van der Waals surface area (Å²) in [5, 5.41) is 11.5. The Morgan fingerprint density at radius 1 is 1.41 bits per heavy atom. The van der Waals surface area contributed by atoms with Gasteiger partial charge in [0.2, 0.25) is 5.91 Å². The highest BCUT2D eigenvalue weighted by atomic mass is 35.5. The first-order valence-electron chi connectivity index (χ1n) is 4.85. The minimum absolute atomic E-state index is 0.0604. The van der Waals surface area contributed by atoms with Crippen LogP contribution in [0.15, 0.2) is 18.2 Å². The Morgan fingerprint density at radius 2 is 2.00 bits per heavy atom. The highest BCUT2D eigenvalue weighted by Gasteiger charge is 2.24. The largest absolute Gasteiger partial charge is 0.478 e. The van der Waals surface area contributed by atoms with E-state index in [1.54, 1.807) is 0 Å². The molecule has 0 aliphatic carbocycles. The van der Waals surface area contributed by atoms with Gasteiger partial charge in [-0.15, -0.1) is 0 Å². The van der Waals surface area contributed by atoms with E-state index in [1.165, 1.54) is 32.0 Å². The maximum Gasteiger partial charge on any atom is 0.337 e. The zero-order chi connectivity index (χ0) is 13.2. The second-order valence-electron chi connectivity index (χ2n) is 4.14. The number of hydrogen-bond donors (Lipinski definition) is 3. The molecule has 0 saturated carbocycles. The number of rotatable bonds is 3. The molecular weight excluding hydrogens is 244 g/mol. The van der Waals surface area contributed by atoms with Crippen molar-refractivity contribution in [1.29, 1.82) is 0 Å². The number of halogens is 1. The number of hydrogen-bond acceptors (Lipinski definition) is 3. The van der Waals surface area contributed by atoms with Gasteiger partial charge in [0.15, 0.2) is 0 Å². The Hall–Kier alpha value is -1.59. The number of amides is 1. The minimum Gasteiger partial charge on any atom is -0.478 e. The average molecular weight is 257 g/mol. The highest BCUT2D eigenvalue weighted by molar-refractivity contribution is 6.34. The molecule has 17 heavy (non-hydrogen) atoms. The van der Waals surface area contributed by atoms with E-state index in [0.717, 1.165) is 0 Å². The van der Waals surface area contributed by atoms with Gasteiger partial charge in [0.25, 0.3) is 0 Å². The molecule has 0 aliphatic rings. The van der Waals surface area contributed by atoms with Gasteiger partial charge in [0.05, 0.1) is 21.8 Å². The lowest BCUT2D eigenvalue weighted by Crippen LogP contribution is -2.45. The quantitative estimate of drug-likeness (QED) is 0.768. The van der Waals surface area contributed by atoms with Gasteiger partial charge in [0, 0.05) is 0 Å². The summed E-state index contributed by atoms with van der Waals surface area (Å²) in [6, 6.07) is 4.34. The van der Waals surface area contributed by atoms with Crippen LogP contribution >= 0.6 is 11.6 Å². The Bertz CT molecular complexity index is 466. The standard InChI is InChI=1S/C11H13ClN2O3/c1-11(2,13)10(17)14-8-6(9(15)16)4-3-5-7(8)12/h3-5H,13H2,1-2H3,(H,14,17)(H,15,16). The molecule has 0 aliphatic heterocycles. The number of carbonyl (C=O) groups excluding carboxylic acids is 1. The number of carboxylic acids is 1. The van der Waals surface area contributed by atoms with Crippen LogP contribution in [0.3, 0.4) is 0 Å². The van der Waals surface area contributed by atoms with Crippen LogP contribution in [-0.2, 0) is 4.79 Å². The molecule has 1 aromatic rings. The van der Waals surface area contributed by atoms with Crippen molar-refractivity contribution in [1.82, 2.24) is 0 Å². The van der Waals surface area contributed by atoms with Crippen molar-refractivity contribution < 1.29 is 14.7 Å². The minimum atomic E-state index is -1.17. The molecule has 5 nitrogen and oxygen atoms in total. The van der Waals surface area contributed by atoms with Crippen LogP contribution in [0.5, 0.6) is 0 Å². The van der Waals surface area contributed by atoms with E-state index in [9.17, 15) is 9.59 Å². The number of aromatic carboxylic acids is 1. The molecular formula is C11H13ClN2O3. The zero-order valence-corrected chi connectivity index (χ0v) is 10.2. The molecule has 0 bridgehead atoms. The van der Waals surface area contributed by atoms with E-state index in [-0.39, 0.29) is 16.3 Å². The van der Waals surface area contributed by atoms with Gasteiger partial charge < -0.3 is 16.2 Å². The van der Waals surface area contributed by atoms with Gasteiger partial charge in [-0.2, -0.15) is 0 Å². The molecule has 1 amide bonds. The first-order valence-corrected chi connectivity index (χ1v) is 5.23. The molecule has 92 valence electrons. The molecule has 0 saturated heterocycles. The third-order valence-corrected chi connectivity index (χ3v) is 2.38. The SMILES string of the molecule is CC(C)(N)C(=O)Nc1c(Cl)cccc1C(=O)O. The molecule has 1 aromatic carbocycles. The molecule has 0 spiro atoms. The first-order chi connectivity index (χ1) is 7.73. The zero-order valence-electron chi connectivity index (χ0n) is 9.45. The summed E-state index contributed by atoms with van der Waals surface area (Å²) >= 11 is 5.85. The summed E-state index contributed by atoms with van der Waals surface area (Å²) in [5.41, 5.74) is 4.47. The van der Waals surface area contributed by atoms with Crippen molar-refractivity contribution >= 4 is 29.2 Å². The predicted octanol–water partition coefficient (Wildman–Crippen LogP) is 1.71. The molecule has 0 heterocycles. The van der Waals surface area contributed by atoms with Gasteiger partial charge >= 0.3 is 5.97 Å². The van der Waals surface area contributed by atoms with Crippen molar-refractivity contribution in [2.45, 2.75) is 19.4 Å².